The first-order valence-corrected chi connectivity index (χ1v) is 8.96. The van der Waals surface area contributed by atoms with Gasteiger partial charge < -0.3 is 20.2 Å². The van der Waals surface area contributed by atoms with Crippen molar-refractivity contribution in [2.45, 2.75) is 26.0 Å². The normalized spacial score (nSPS) is 13.5. The number of aliphatic hydroxyl groups is 1. The molecule has 3 aromatic rings. The molecule has 0 fully saturated rings. The van der Waals surface area contributed by atoms with E-state index >= 15 is 0 Å². The zero-order valence-electron chi connectivity index (χ0n) is 16.0. The number of hydrogen-bond acceptors (Lipinski definition) is 4. The lowest BCUT2D eigenvalue weighted by Gasteiger charge is -2.22. The van der Waals surface area contributed by atoms with Crippen molar-refractivity contribution in [3.63, 3.8) is 0 Å². The van der Waals surface area contributed by atoms with Gasteiger partial charge in [0, 0.05) is 18.9 Å². The monoisotopic (exact) mass is 495 g/mol. The molecule has 0 spiro atoms. The molecule has 0 amide bonds. The Labute approximate surface area is 181 Å². The van der Waals surface area contributed by atoms with Crippen molar-refractivity contribution in [2.75, 3.05) is 13.1 Å². The summed E-state index contributed by atoms with van der Waals surface area (Å²) in [7, 11) is 0. The Kier molecular flexibility index (Phi) is 8.06. The number of rotatable bonds is 7. The average Bonchev–Trinajstić information content (AvgIpc) is 3.38. The molecule has 0 aliphatic rings. The summed E-state index contributed by atoms with van der Waals surface area (Å²) in [5, 5.41) is 21.2. The highest BCUT2D eigenvalue weighted by molar-refractivity contribution is 14.0. The quantitative estimate of drug-likeness (QED) is 0.267. The van der Waals surface area contributed by atoms with Gasteiger partial charge in [-0.1, -0.05) is 12.1 Å². The van der Waals surface area contributed by atoms with Gasteiger partial charge in [-0.2, -0.15) is 5.10 Å². The van der Waals surface area contributed by atoms with Crippen LogP contribution in [-0.2, 0) is 12.1 Å². The minimum absolute atomic E-state index is 0. The number of aromatic nitrogens is 2. The Morgan fingerprint density at radius 2 is 2.11 bits per heavy atom. The summed E-state index contributed by atoms with van der Waals surface area (Å²) in [5.41, 5.74) is 0.934. The summed E-state index contributed by atoms with van der Waals surface area (Å²) < 4.78 is 7.13. The fourth-order valence-electron chi connectivity index (χ4n) is 2.66. The largest absolute Gasteiger partial charge is 0.466 e. The van der Waals surface area contributed by atoms with Crippen LogP contribution in [0.1, 0.15) is 25.2 Å². The summed E-state index contributed by atoms with van der Waals surface area (Å²) in [6.45, 7) is 5.21. The molecule has 0 radical (unpaired) electrons. The van der Waals surface area contributed by atoms with Gasteiger partial charge in [-0.3, -0.25) is 0 Å². The van der Waals surface area contributed by atoms with Crippen LogP contribution in [0, 0.1) is 0 Å². The van der Waals surface area contributed by atoms with Crippen molar-refractivity contribution in [1.82, 2.24) is 20.4 Å². The predicted octanol–water partition coefficient (Wildman–Crippen LogP) is 3.05. The van der Waals surface area contributed by atoms with Crippen molar-refractivity contribution in [3.05, 3.63) is 72.4 Å². The molecule has 1 atom stereocenters. The van der Waals surface area contributed by atoms with Crippen molar-refractivity contribution >= 4 is 29.9 Å². The first kappa shape index (κ1) is 22.0. The highest BCUT2D eigenvalue weighted by Crippen LogP contribution is 2.19. The van der Waals surface area contributed by atoms with Crippen LogP contribution in [0.25, 0.3) is 5.69 Å². The Morgan fingerprint density at radius 1 is 1.25 bits per heavy atom. The van der Waals surface area contributed by atoms with Crippen LogP contribution in [-0.4, -0.2) is 33.9 Å². The Balaban J connectivity index is 0.00000280. The van der Waals surface area contributed by atoms with Gasteiger partial charge in [0.2, 0.25) is 0 Å². The van der Waals surface area contributed by atoms with E-state index in [1.165, 1.54) is 0 Å². The number of benzene rings is 1. The molecule has 8 heteroatoms. The predicted molar refractivity (Wildman–Crippen MR) is 120 cm³/mol. The molecule has 7 nitrogen and oxygen atoms in total. The molecule has 28 heavy (non-hydrogen) atoms. The molecular formula is C20H26IN5O2. The molecule has 3 N–H and O–H groups in total. The Bertz CT molecular complexity index is 861. The van der Waals surface area contributed by atoms with Gasteiger partial charge in [-0.15, -0.1) is 24.0 Å². The summed E-state index contributed by atoms with van der Waals surface area (Å²) >= 11 is 0. The van der Waals surface area contributed by atoms with Gasteiger partial charge in [0.05, 0.1) is 25.0 Å². The van der Waals surface area contributed by atoms with Crippen LogP contribution < -0.4 is 10.6 Å². The third-order valence-corrected chi connectivity index (χ3v) is 4.10. The maximum Gasteiger partial charge on any atom is 0.191 e. The van der Waals surface area contributed by atoms with E-state index in [1.54, 1.807) is 31.5 Å². The number of nitrogens with zero attached hydrogens (tertiary/aromatic N) is 3. The average molecular weight is 495 g/mol. The molecule has 1 aromatic carbocycles. The van der Waals surface area contributed by atoms with E-state index in [1.807, 2.05) is 42.1 Å². The van der Waals surface area contributed by atoms with E-state index in [9.17, 15) is 5.11 Å². The topological polar surface area (TPSA) is 87.6 Å². The molecule has 2 heterocycles. The minimum atomic E-state index is -1.13. The molecular weight excluding hydrogens is 469 g/mol. The molecule has 0 aliphatic carbocycles. The van der Waals surface area contributed by atoms with E-state index in [2.05, 4.69) is 26.8 Å². The third-order valence-electron chi connectivity index (χ3n) is 4.10. The summed E-state index contributed by atoms with van der Waals surface area (Å²) in [5.74, 6) is 1.14. The van der Waals surface area contributed by atoms with Crippen LogP contribution in [0.3, 0.4) is 0 Å². The van der Waals surface area contributed by atoms with E-state index in [0.29, 0.717) is 18.3 Å². The molecule has 0 aliphatic heterocycles. The fourth-order valence-corrected chi connectivity index (χ4v) is 2.66. The second kappa shape index (κ2) is 10.3. The minimum Gasteiger partial charge on any atom is -0.466 e. The zero-order chi connectivity index (χ0) is 19.1. The standard InChI is InChI=1S/C20H25N5O2.HI/c1-3-21-19(23-15-20(2,26)18-9-5-12-27-18)22-14-16-7-4-8-17(13-16)25-11-6-10-24-25;/h4-13,26H,3,14-15H2,1-2H3,(H2,21,22,23);1H. The van der Waals surface area contributed by atoms with E-state index < -0.39 is 5.60 Å². The van der Waals surface area contributed by atoms with Crippen molar-refractivity contribution in [3.8, 4) is 5.69 Å². The second-order valence-corrected chi connectivity index (χ2v) is 6.42. The van der Waals surface area contributed by atoms with Crippen LogP contribution in [0.2, 0.25) is 0 Å². The summed E-state index contributed by atoms with van der Waals surface area (Å²) in [6.07, 6.45) is 5.21. The number of aliphatic imine (C=N–C) groups is 1. The maximum atomic E-state index is 10.6. The highest BCUT2D eigenvalue weighted by atomic mass is 127. The second-order valence-electron chi connectivity index (χ2n) is 6.42. The molecule has 1 unspecified atom stereocenters. The number of furan rings is 1. The van der Waals surface area contributed by atoms with Gasteiger partial charge >= 0.3 is 0 Å². The number of nitrogens with one attached hydrogen (secondary N) is 2. The van der Waals surface area contributed by atoms with E-state index in [-0.39, 0.29) is 30.5 Å². The molecule has 150 valence electrons. The van der Waals surface area contributed by atoms with Crippen molar-refractivity contribution < 1.29 is 9.52 Å². The lowest BCUT2D eigenvalue weighted by atomic mass is 10.0. The highest BCUT2D eigenvalue weighted by Gasteiger charge is 2.26. The van der Waals surface area contributed by atoms with Crippen LogP contribution in [0.15, 0.2) is 70.5 Å². The number of hydrogen-bond donors (Lipinski definition) is 3. The third kappa shape index (κ3) is 5.83. The van der Waals surface area contributed by atoms with Crippen LogP contribution in [0.4, 0.5) is 0 Å². The van der Waals surface area contributed by atoms with Gasteiger partial charge in [-0.25, -0.2) is 9.67 Å². The van der Waals surface area contributed by atoms with E-state index in [0.717, 1.165) is 17.8 Å². The zero-order valence-corrected chi connectivity index (χ0v) is 18.3. The molecule has 2 aromatic heterocycles. The van der Waals surface area contributed by atoms with Gasteiger partial charge in [0.15, 0.2) is 5.96 Å². The Hall–Kier alpha value is -2.33. The SMILES string of the molecule is CCNC(=NCc1cccc(-n2cccn2)c1)NCC(C)(O)c1ccco1.I. The number of guanidine groups is 1. The molecule has 0 bridgehead atoms. The molecule has 0 saturated heterocycles. The smallest absolute Gasteiger partial charge is 0.191 e. The first-order valence-electron chi connectivity index (χ1n) is 8.96. The lowest BCUT2D eigenvalue weighted by molar-refractivity contribution is 0.0386. The maximum absolute atomic E-state index is 10.6. The van der Waals surface area contributed by atoms with Gasteiger partial charge in [0.1, 0.15) is 11.4 Å². The molecule has 3 rings (SSSR count). The summed E-state index contributed by atoms with van der Waals surface area (Å²) in [4.78, 5) is 4.61. The van der Waals surface area contributed by atoms with Gasteiger partial charge in [0.25, 0.3) is 0 Å². The number of halogens is 1. The summed E-state index contributed by atoms with van der Waals surface area (Å²) in [6, 6.07) is 13.5. The van der Waals surface area contributed by atoms with Crippen molar-refractivity contribution in [2.24, 2.45) is 4.99 Å². The van der Waals surface area contributed by atoms with E-state index in [4.69, 9.17) is 4.42 Å². The Morgan fingerprint density at radius 3 is 2.79 bits per heavy atom. The van der Waals surface area contributed by atoms with Crippen LogP contribution >= 0.6 is 24.0 Å². The first-order chi connectivity index (χ1) is 13.1. The van der Waals surface area contributed by atoms with Crippen molar-refractivity contribution in [1.29, 1.82) is 0 Å². The van der Waals surface area contributed by atoms with Crippen LogP contribution in [0.5, 0.6) is 0 Å². The van der Waals surface area contributed by atoms with Gasteiger partial charge in [-0.05, 0) is 49.7 Å². The fraction of sp³-hybridized carbons (Fsp3) is 0.300. The molecule has 0 saturated carbocycles. The lowest BCUT2D eigenvalue weighted by Crippen LogP contribution is -2.44.